The van der Waals surface area contributed by atoms with E-state index in [1.165, 1.54) is 0 Å². The molecule has 2 aromatic carbocycles. The van der Waals surface area contributed by atoms with Gasteiger partial charge in [-0.1, -0.05) is 37.6 Å². The zero-order valence-electron chi connectivity index (χ0n) is 24.4. The fourth-order valence-electron chi connectivity index (χ4n) is 4.34. The van der Waals surface area contributed by atoms with Crippen molar-refractivity contribution in [3.8, 4) is 5.75 Å². The molecule has 0 spiro atoms. The van der Waals surface area contributed by atoms with Crippen LogP contribution in [0.4, 0.5) is 27.5 Å². The Labute approximate surface area is 233 Å². The molecule has 0 bridgehead atoms. The summed E-state index contributed by atoms with van der Waals surface area (Å²) in [4.78, 5) is 25.6. The molecule has 2 aromatic rings. The summed E-state index contributed by atoms with van der Waals surface area (Å²) in [7, 11) is 9.58. The Morgan fingerprint density at radius 1 is 1.18 bits per heavy atom. The number of benzene rings is 2. The first-order valence-electron chi connectivity index (χ1n) is 13.3. The van der Waals surface area contributed by atoms with Crippen LogP contribution >= 0.6 is 0 Å². The van der Waals surface area contributed by atoms with Crippen molar-refractivity contribution in [3.05, 3.63) is 66.0 Å². The van der Waals surface area contributed by atoms with Crippen molar-refractivity contribution in [1.82, 2.24) is 9.80 Å². The highest BCUT2D eigenvalue weighted by Gasteiger charge is 2.30. The molecule has 1 aliphatic heterocycles. The van der Waals surface area contributed by atoms with Gasteiger partial charge in [-0.25, -0.2) is 9.79 Å². The number of aliphatic imine (C=N–C) groups is 1. The lowest BCUT2D eigenvalue weighted by molar-refractivity contribution is 0.223. The Bertz CT molecular complexity index is 1220. The van der Waals surface area contributed by atoms with E-state index in [1.54, 1.807) is 16.9 Å². The minimum atomic E-state index is -0.0598. The molecule has 0 saturated carbocycles. The minimum absolute atomic E-state index is 0.0598. The Morgan fingerprint density at radius 2 is 1.90 bits per heavy atom. The van der Waals surface area contributed by atoms with E-state index in [-0.39, 0.29) is 6.03 Å². The molecule has 0 aliphatic carbocycles. The summed E-state index contributed by atoms with van der Waals surface area (Å²) >= 11 is 0. The van der Waals surface area contributed by atoms with Crippen molar-refractivity contribution >= 4 is 34.6 Å². The van der Waals surface area contributed by atoms with Gasteiger partial charge in [0.15, 0.2) is 0 Å². The number of nitrogens with one attached hydrogen (secondary N) is 1. The zero-order chi connectivity index (χ0) is 28.5. The summed E-state index contributed by atoms with van der Waals surface area (Å²) in [6, 6.07) is 13.5. The van der Waals surface area contributed by atoms with Gasteiger partial charge in [-0.2, -0.15) is 0 Å². The maximum atomic E-state index is 13.2. The van der Waals surface area contributed by atoms with Gasteiger partial charge in [0, 0.05) is 56.4 Å². The highest BCUT2D eigenvalue weighted by molar-refractivity contribution is 5.98. The van der Waals surface area contributed by atoms with Crippen LogP contribution in [0.5, 0.6) is 5.75 Å². The van der Waals surface area contributed by atoms with Crippen molar-refractivity contribution in [2.45, 2.75) is 26.7 Å². The van der Waals surface area contributed by atoms with Gasteiger partial charge in [0.05, 0.1) is 30.7 Å². The van der Waals surface area contributed by atoms with Crippen LogP contribution in [0.3, 0.4) is 0 Å². The number of hydrogen-bond donors (Lipinski definition) is 2. The van der Waals surface area contributed by atoms with E-state index in [0.29, 0.717) is 23.8 Å². The number of methoxy groups -OCH3 is 1. The topological polar surface area (TPSA) is 89.7 Å². The number of allylic oxidation sites excluding steroid dienone is 1. The van der Waals surface area contributed by atoms with Gasteiger partial charge >= 0.3 is 6.03 Å². The number of nitrogens with two attached hydrogens (primary N) is 1. The van der Waals surface area contributed by atoms with Gasteiger partial charge in [0.2, 0.25) is 0 Å². The lowest BCUT2D eigenvalue weighted by atomic mass is 10.1. The van der Waals surface area contributed by atoms with E-state index in [4.69, 9.17) is 15.5 Å². The number of rotatable bonds is 10. The molecule has 39 heavy (non-hydrogen) atoms. The molecule has 0 unspecified atom stereocenters. The molecule has 9 nitrogen and oxygen atoms in total. The summed E-state index contributed by atoms with van der Waals surface area (Å²) in [6.07, 6.45) is 5.82. The summed E-state index contributed by atoms with van der Waals surface area (Å²) < 4.78 is 5.68. The molecule has 0 radical (unpaired) electrons. The van der Waals surface area contributed by atoms with Crippen molar-refractivity contribution in [1.29, 1.82) is 0 Å². The van der Waals surface area contributed by atoms with Crippen molar-refractivity contribution < 1.29 is 9.53 Å². The van der Waals surface area contributed by atoms with E-state index in [0.717, 1.165) is 54.3 Å². The van der Waals surface area contributed by atoms with Gasteiger partial charge in [-0.15, -0.1) is 0 Å². The van der Waals surface area contributed by atoms with E-state index >= 15 is 0 Å². The van der Waals surface area contributed by atoms with Crippen molar-refractivity contribution in [3.63, 3.8) is 0 Å². The lowest BCUT2D eigenvalue weighted by Gasteiger charge is -2.36. The fraction of sp³-hybridized carbons (Fsp3) is 0.400. The van der Waals surface area contributed by atoms with E-state index < -0.39 is 0 Å². The predicted molar refractivity (Wildman–Crippen MR) is 164 cm³/mol. The normalized spacial score (nSPS) is 16.4. The Morgan fingerprint density at radius 3 is 2.54 bits per heavy atom. The number of urea groups is 1. The highest BCUT2D eigenvalue weighted by atomic mass is 16.5. The quantitative estimate of drug-likeness (QED) is 0.247. The average Bonchev–Trinajstić information content (AvgIpc) is 2.92. The number of para-hydroxylation sites is 1. The second-order valence-electron chi connectivity index (χ2n) is 9.97. The van der Waals surface area contributed by atoms with E-state index in [9.17, 15) is 4.79 Å². The average molecular weight is 534 g/mol. The molecule has 0 atom stereocenters. The van der Waals surface area contributed by atoms with Crippen LogP contribution in [0.25, 0.3) is 0 Å². The molecule has 0 aromatic heterocycles. The molecule has 9 heteroatoms. The first-order chi connectivity index (χ1) is 18.7. The number of carbonyl (C=O) groups is 1. The molecular formula is C30H43N7O2. The van der Waals surface area contributed by atoms with Crippen LogP contribution < -0.4 is 25.6 Å². The number of nitrogen functional groups attached to an aromatic ring is 1. The maximum absolute atomic E-state index is 13.2. The maximum Gasteiger partial charge on any atom is 0.329 e. The highest BCUT2D eigenvalue weighted by Crippen LogP contribution is 2.35. The fourth-order valence-corrected chi connectivity index (χ4v) is 4.34. The summed E-state index contributed by atoms with van der Waals surface area (Å²) in [6.45, 7) is 6.20. The van der Waals surface area contributed by atoms with Crippen LogP contribution in [0.15, 0.2) is 71.0 Å². The molecule has 1 heterocycles. The Kier molecular flexibility index (Phi) is 10.4. The molecular weight excluding hydrogens is 490 g/mol. The smallest absolute Gasteiger partial charge is 0.329 e. The number of nitrogens with zero attached hydrogens (tertiary/aromatic N) is 5. The first kappa shape index (κ1) is 29.6. The molecule has 2 amide bonds. The van der Waals surface area contributed by atoms with Crippen LogP contribution in [0.2, 0.25) is 0 Å². The van der Waals surface area contributed by atoms with Gasteiger partial charge < -0.3 is 25.6 Å². The standard InChI is InChI=1S/C30H43N7O2/c1-8-9-15-27-23(21-37(30(38)36(27)6)24-13-11-10-12-14-24)20-32-22(2)33-26-18-25(31)28(19-29(26)39-7)35(5)17-16-34(3)4/h10-15,18-20H,8-9,16-17,21,31H2,1-7H3,(H,32,33)/b23-20-,27-15-. The van der Waals surface area contributed by atoms with Crippen molar-refractivity contribution in [2.75, 3.05) is 75.8 Å². The number of hydrogen-bond acceptors (Lipinski definition) is 6. The summed E-state index contributed by atoms with van der Waals surface area (Å²) in [5.74, 6) is 1.36. The molecule has 1 saturated heterocycles. The monoisotopic (exact) mass is 533 g/mol. The second kappa shape index (κ2) is 13.7. The van der Waals surface area contributed by atoms with Crippen LogP contribution in [0.1, 0.15) is 26.7 Å². The zero-order valence-corrected chi connectivity index (χ0v) is 24.4. The number of amides is 2. The van der Waals surface area contributed by atoms with E-state index in [2.05, 4.69) is 28.1 Å². The third-order valence-corrected chi connectivity index (χ3v) is 6.60. The number of unbranched alkanes of at least 4 members (excludes halogenated alkanes) is 1. The molecule has 1 fully saturated rings. The predicted octanol–water partition coefficient (Wildman–Crippen LogP) is 5.25. The largest absolute Gasteiger partial charge is 0.494 e. The Balaban J connectivity index is 1.88. The third kappa shape index (κ3) is 7.54. The van der Waals surface area contributed by atoms with Crippen LogP contribution in [-0.4, -0.2) is 76.6 Å². The van der Waals surface area contributed by atoms with Gasteiger partial charge in [-0.05, 0) is 45.6 Å². The van der Waals surface area contributed by atoms with Gasteiger partial charge in [0.25, 0.3) is 0 Å². The molecule has 1 aliphatic rings. The number of ether oxygens (including phenoxy) is 1. The first-order valence-corrected chi connectivity index (χ1v) is 13.3. The minimum Gasteiger partial charge on any atom is -0.494 e. The number of amidine groups is 1. The molecule has 3 N–H and O–H groups in total. The Hall–Kier alpha value is -3.98. The SMILES string of the molecule is CCC/C=C1/C(=C\N=C(C)Nc2cc(N)c(N(C)CCN(C)C)cc2OC)CN(c2ccccc2)C(=O)N1C. The van der Waals surface area contributed by atoms with Crippen molar-refractivity contribution in [2.24, 2.45) is 4.99 Å². The third-order valence-electron chi connectivity index (χ3n) is 6.60. The molecule has 3 rings (SSSR count). The number of carbonyl (C=O) groups excluding carboxylic acids is 1. The summed E-state index contributed by atoms with van der Waals surface area (Å²) in [5, 5.41) is 3.34. The van der Waals surface area contributed by atoms with Crippen LogP contribution in [0, 0.1) is 0 Å². The van der Waals surface area contributed by atoms with Gasteiger partial charge in [0.1, 0.15) is 11.6 Å². The second-order valence-corrected chi connectivity index (χ2v) is 9.97. The van der Waals surface area contributed by atoms with Crippen LogP contribution in [-0.2, 0) is 0 Å². The number of anilines is 4. The summed E-state index contributed by atoms with van der Waals surface area (Å²) in [5.41, 5.74) is 11.4. The lowest BCUT2D eigenvalue weighted by Crippen LogP contribution is -2.47. The van der Waals surface area contributed by atoms with Gasteiger partial charge in [-0.3, -0.25) is 9.80 Å². The number of likely N-dealkylation sites (N-methyl/N-ethyl adjacent to an activating group) is 3. The van der Waals surface area contributed by atoms with E-state index in [1.807, 2.05) is 83.8 Å². The molecule has 210 valence electrons.